The Balaban J connectivity index is 2.79. The number of nitrogens with zero attached hydrogens (tertiary/aromatic N) is 3. The molecular formula is C10H19N3O2. The van der Waals surface area contributed by atoms with Gasteiger partial charge in [0.15, 0.2) is 0 Å². The molecule has 1 rings (SSSR count). The van der Waals surface area contributed by atoms with Crippen LogP contribution in [0.3, 0.4) is 0 Å². The van der Waals surface area contributed by atoms with Crippen molar-refractivity contribution in [3.05, 3.63) is 0 Å². The molecular weight excluding hydrogens is 194 g/mol. The first-order chi connectivity index (χ1) is 7.15. The van der Waals surface area contributed by atoms with Crippen LogP contribution in [-0.4, -0.2) is 53.1 Å². The van der Waals surface area contributed by atoms with Crippen molar-refractivity contribution < 1.29 is 9.59 Å². The zero-order valence-corrected chi connectivity index (χ0v) is 9.69. The predicted molar refractivity (Wildman–Crippen MR) is 57.4 cm³/mol. The minimum absolute atomic E-state index is 0.158. The van der Waals surface area contributed by atoms with Crippen LogP contribution in [0.2, 0.25) is 0 Å². The lowest BCUT2D eigenvalue weighted by molar-refractivity contribution is 0.0818. The Morgan fingerprint density at radius 2 is 1.60 bits per heavy atom. The first-order valence-electron chi connectivity index (χ1n) is 5.51. The van der Waals surface area contributed by atoms with Crippen molar-refractivity contribution in [3.8, 4) is 0 Å². The van der Waals surface area contributed by atoms with Crippen LogP contribution in [0.4, 0.5) is 9.59 Å². The van der Waals surface area contributed by atoms with Gasteiger partial charge in [0, 0.05) is 19.6 Å². The molecule has 1 saturated heterocycles. The number of carbonyl (C=O) groups is 2. The Morgan fingerprint density at radius 3 is 2.07 bits per heavy atom. The Hall–Kier alpha value is -1.26. The predicted octanol–water partition coefficient (Wildman–Crippen LogP) is 1.55. The van der Waals surface area contributed by atoms with Gasteiger partial charge in [0.25, 0.3) is 0 Å². The highest BCUT2D eigenvalue weighted by Crippen LogP contribution is 2.12. The van der Waals surface area contributed by atoms with Crippen LogP contribution >= 0.6 is 0 Å². The zero-order chi connectivity index (χ0) is 11.4. The van der Waals surface area contributed by atoms with Gasteiger partial charge in [-0.05, 0) is 20.3 Å². The molecule has 0 saturated carbocycles. The van der Waals surface area contributed by atoms with E-state index in [9.17, 15) is 9.59 Å². The van der Waals surface area contributed by atoms with E-state index in [1.54, 1.807) is 9.80 Å². The van der Waals surface area contributed by atoms with Crippen molar-refractivity contribution in [1.29, 1.82) is 0 Å². The molecule has 0 spiro atoms. The van der Waals surface area contributed by atoms with E-state index < -0.39 is 0 Å². The van der Waals surface area contributed by atoms with Crippen molar-refractivity contribution in [1.82, 2.24) is 14.7 Å². The van der Waals surface area contributed by atoms with Crippen LogP contribution in [0.25, 0.3) is 0 Å². The lowest BCUT2D eigenvalue weighted by Crippen LogP contribution is -2.60. The molecule has 0 aromatic rings. The first-order valence-corrected chi connectivity index (χ1v) is 5.51. The standard InChI is InChI=1S/C10H19N3O2/c1-4-7-12-8-11(5-2)9(14)13(6-3)10(12)15/h4-8H2,1-3H3. The zero-order valence-electron chi connectivity index (χ0n) is 9.69. The number of hydrogen-bond acceptors (Lipinski definition) is 2. The smallest absolute Gasteiger partial charge is 0.307 e. The highest BCUT2D eigenvalue weighted by Gasteiger charge is 2.34. The maximum Gasteiger partial charge on any atom is 0.329 e. The highest BCUT2D eigenvalue weighted by molar-refractivity contribution is 5.95. The molecule has 0 N–H and O–H groups in total. The molecule has 1 aliphatic rings. The quantitative estimate of drug-likeness (QED) is 0.711. The third-order valence-electron chi connectivity index (χ3n) is 2.54. The maximum atomic E-state index is 11.8. The summed E-state index contributed by atoms with van der Waals surface area (Å²) < 4.78 is 0. The maximum absolute atomic E-state index is 11.8. The van der Waals surface area contributed by atoms with Crippen LogP contribution in [0.1, 0.15) is 27.2 Å². The summed E-state index contributed by atoms with van der Waals surface area (Å²) in [5.74, 6) is 0. The fourth-order valence-corrected chi connectivity index (χ4v) is 1.69. The molecule has 1 aliphatic heterocycles. The van der Waals surface area contributed by atoms with E-state index in [2.05, 4.69) is 0 Å². The topological polar surface area (TPSA) is 43.9 Å². The summed E-state index contributed by atoms with van der Waals surface area (Å²) >= 11 is 0. The van der Waals surface area contributed by atoms with Crippen LogP contribution < -0.4 is 0 Å². The largest absolute Gasteiger partial charge is 0.329 e. The van der Waals surface area contributed by atoms with Crippen LogP contribution in [0.15, 0.2) is 0 Å². The second-order valence-electron chi connectivity index (χ2n) is 3.57. The summed E-state index contributed by atoms with van der Waals surface area (Å²) in [4.78, 5) is 28.3. The molecule has 0 aromatic carbocycles. The van der Waals surface area contributed by atoms with Gasteiger partial charge in [-0.1, -0.05) is 6.92 Å². The summed E-state index contributed by atoms with van der Waals surface area (Å²) in [7, 11) is 0. The number of carbonyl (C=O) groups excluding carboxylic acids is 2. The molecule has 5 nitrogen and oxygen atoms in total. The van der Waals surface area contributed by atoms with Crippen LogP contribution in [0.5, 0.6) is 0 Å². The van der Waals surface area contributed by atoms with Gasteiger partial charge in [-0.2, -0.15) is 0 Å². The summed E-state index contributed by atoms with van der Waals surface area (Å²) in [5.41, 5.74) is 0. The van der Waals surface area contributed by atoms with E-state index in [1.165, 1.54) is 4.90 Å². The third kappa shape index (κ3) is 2.22. The second kappa shape index (κ2) is 5.00. The Kier molecular flexibility index (Phi) is 3.94. The van der Waals surface area contributed by atoms with Gasteiger partial charge >= 0.3 is 12.1 Å². The molecule has 4 amide bonds. The van der Waals surface area contributed by atoms with E-state index in [-0.39, 0.29) is 12.1 Å². The highest BCUT2D eigenvalue weighted by atomic mass is 16.2. The summed E-state index contributed by atoms with van der Waals surface area (Å²) in [6.07, 6.45) is 0.912. The minimum atomic E-state index is -0.169. The molecule has 5 heteroatoms. The van der Waals surface area contributed by atoms with Crippen molar-refractivity contribution in [2.75, 3.05) is 26.3 Å². The van der Waals surface area contributed by atoms with Gasteiger partial charge in [-0.3, -0.25) is 0 Å². The van der Waals surface area contributed by atoms with Crippen LogP contribution in [0, 0.1) is 0 Å². The number of imide groups is 1. The first kappa shape index (κ1) is 11.8. The lowest BCUT2D eigenvalue weighted by atomic mass is 10.4. The van der Waals surface area contributed by atoms with Crippen LogP contribution in [-0.2, 0) is 0 Å². The van der Waals surface area contributed by atoms with Gasteiger partial charge < -0.3 is 9.80 Å². The Morgan fingerprint density at radius 1 is 1.00 bits per heavy atom. The average Bonchev–Trinajstić information content (AvgIpc) is 2.23. The van der Waals surface area contributed by atoms with Crippen molar-refractivity contribution in [3.63, 3.8) is 0 Å². The summed E-state index contributed by atoms with van der Waals surface area (Å²) in [6, 6.07) is -0.327. The van der Waals surface area contributed by atoms with Gasteiger partial charge in [0.1, 0.15) is 0 Å². The second-order valence-corrected chi connectivity index (χ2v) is 3.57. The third-order valence-corrected chi connectivity index (χ3v) is 2.54. The Bertz CT molecular complexity index is 255. The van der Waals surface area contributed by atoms with E-state index in [1.807, 2.05) is 20.8 Å². The average molecular weight is 213 g/mol. The molecule has 0 unspecified atom stereocenters. The van der Waals surface area contributed by atoms with E-state index in [0.29, 0.717) is 26.3 Å². The minimum Gasteiger partial charge on any atom is -0.307 e. The molecule has 1 fully saturated rings. The SMILES string of the molecule is CCCN1CN(CC)C(=O)N(CC)C1=O. The fourth-order valence-electron chi connectivity index (χ4n) is 1.69. The number of amides is 4. The molecule has 0 radical (unpaired) electrons. The number of rotatable bonds is 4. The monoisotopic (exact) mass is 213 g/mol. The molecule has 1 heterocycles. The van der Waals surface area contributed by atoms with Crippen molar-refractivity contribution in [2.24, 2.45) is 0 Å². The number of urea groups is 2. The summed E-state index contributed by atoms with van der Waals surface area (Å²) in [5, 5.41) is 0. The number of hydrogen-bond donors (Lipinski definition) is 0. The lowest BCUT2D eigenvalue weighted by Gasteiger charge is -2.40. The van der Waals surface area contributed by atoms with E-state index >= 15 is 0 Å². The van der Waals surface area contributed by atoms with Gasteiger partial charge in [0.05, 0.1) is 6.67 Å². The molecule has 0 aromatic heterocycles. The molecule has 0 bridgehead atoms. The van der Waals surface area contributed by atoms with E-state index in [0.717, 1.165) is 6.42 Å². The summed E-state index contributed by atoms with van der Waals surface area (Å²) in [6.45, 7) is 7.98. The molecule has 0 aliphatic carbocycles. The van der Waals surface area contributed by atoms with E-state index in [4.69, 9.17) is 0 Å². The van der Waals surface area contributed by atoms with Gasteiger partial charge in [0.2, 0.25) is 0 Å². The molecule has 86 valence electrons. The van der Waals surface area contributed by atoms with Crippen molar-refractivity contribution >= 4 is 12.1 Å². The Labute approximate surface area is 90.6 Å². The van der Waals surface area contributed by atoms with Gasteiger partial charge in [-0.15, -0.1) is 0 Å². The molecule has 15 heavy (non-hydrogen) atoms. The van der Waals surface area contributed by atoms with Crippen molar-refractivity contribution in [2.45, 2.75) is 27.2 Å². The normalized spacial score (nSPS) is 17.7. The molecule has 0 atom stereocenters. The van der Waals surface area contributed by atoms with Gasteiger partial charge in [-0.25, -0.2) is 14.5 Å². The fraction of sp³-hybridized carbons (Fsp3) is 0.800.